The van der Waals surface area contributed by atoms with Crippen molar-refractivity contribution in [3.8, 4) is 0 Å². The smallest absolute Gasteiger partial charge is 0.0674 e. The summed E-state index contributed by atoms with van der Waals surface area (Å²) in [5, 5.41) is 0. The molecule has 0 amide bonds. The summed E-state index contributed by atoms with van der Waals surface area (Å²) in [5.74, 6) is 0. The third-order valence-electron chi connectivity index (χ3n) is 2.90. The van der Waals surface area contributed by atoms with Crippen LogP contribution in [0.4, 0.5) is 0 Å². The van der Waals surface area contributed by atoms with Crippen LogP contribution in [-0.2, 0) is 9.47 Å². The fraction of sp³-hybridized carbons (Fsp3) is 1.00. The van der Waals surface area contributed by atoms with Gasteiger partial charge in [0, 0.05) is 32.3 Å². The van der Waals surface area contributed by atoms with Gasteiger partial charge in [-0.05, 0) is 13.3 Å². The average Bonchev–Trinajstić information content (AvgIpc) is 2.18. The zero-order valence-electron chi connectivity index (χ0n) is 10.1. The van der Waals surface area contributed by atoms with Crippen LogP contribution in [-0.4, -0.2) is 56.5 Å². The molecular formula is C11H24N2O2. The van der Waals surface area contributed by atoms with E-state index in [9.17, 15) is 0 Å². The van der Waals surface area contributed by atoms with Gasteiger partial charge in [-0.2, -0.15) is 0 Å². The highest BCUT2D eigenvalue weighted by Crippen LogP contribution is 2.14. The predicted octanol–water partition coefficient (Wildman–Crippen LogP) is 0.459. The molecule has 0 saturated carbocycles. The third-order valence-corrected chi connectivity index (χ3v) is 2.90. The lowest BCUT2D eigenvalue weighted by molar-refractivity contribution is -0.0592. The predicted molar refractivity (Wildman–Crippen MR) is 60.9 cm³/mol. The second-order valence-electron chi connectivity index (χ2n) is 4.38. The molecule has 0 aromatic rings. The minimum atomic E-state index is 0.106. The number of morpholine rings is 1. The van der Waals surface area contributed by atoms with Gasteiger partial charge in [0.1, 0.15) is 0 Å². The Hall–Kier alpha value is -0.160. The Labute approximate surface area is 92.7 Å². The minimum absolute atomic E-state index is 0.106. The fourth-order valence-electron chi connectivity index (χ4n) is 2.08. The van der Waals surface area contributed by atoms with Crippen LogP contribution in [0.1, 0.15) is 20.3 Å². The van der Waals surface area contributed by atoms with Gasteiger partial charge in [-0.15, -0.1) is 0 Å². The van der Waals surface area contributed by atoms with Crippen LogP contribution in [0.25, 0.3) is 0 Å². The Kier molecular flexibility index (Phi) is 5.53. The van der Waals surface area contributed by atoms with Crippen molar-refractivity contribution in [2.24, 2.45) is 5.73 Å². The van der Waals surface area contributed by atoms with Crippen LogP contribution in [0, 0.1) is 0 Å². The topological polar surface area (TPSA) is 47.7 Å². The molecule has 0 spiro atoms. The molecule has 1 saturated heterocycles. The molecule has 3 unspecified atom stereocenters. The average molecular weight is 216 g/mol. The molecule has 4 nitrogen and oxygen atoms in total. The highest BCUT2D eigenvalue weighted by molar-refractivity contribution is 4.80. The number of hydrogen-bond acceptors (Lipinski definition) is 4. The van der Waals surface area contributed by atoms with Gasteiger partial charge in [0.25, 0.3) is 0 Å². The maximum atomic E-state index is 5.97. The molecular weight excluding hydrogens is 192 g/mol. The third kappa shape index (κ3) is 4.07. The first-order valence-electron chi connectivity index (χ1n) is 5.77. The lowest BCUT2D eigenvalue weighted by Gasteiger charge is -2.39. The summed E-state index contributed by atoms with van der Waals surface area (Å²) in [6.45, 7) is 7.65. The number of nitrogens with zero attached hydrogens (tertiary/aromatic N) is 1. The summed E-state index contributed by atoms with van der Waals surface area (Å²) >= 11 is 0. The SMILES string of the molecule is CCC1COC(C)CN1CC(N)COC. The summed E-state index contributed by atoms with van der Waals surface area (Å²) < 4.78 is 10.7. The maximum Gasteiger partial charge on any atom is 0.0674 e. The maximum absolute atomic E-state index is 5.97. The number of nitrogens with two attached hydrogens (primary N) is 1. The molecule has 1 heterocycles. The van der Waals surface area contributed by atoms with Gasteiger partial charge in [-0.1, -0.05) is 6.92 Å². The van der Waals surface area contributed by atoms with Crippen molar-refractivity contribution >= 4 is 0 Å². The molecule has 1 rings (SSSR count). The Morgan fingerprint density at radius 3 is 2.93 bits per heavy atom. The molecule has 0 aromatic carbocycles. The molecule has 0 radical (unpaired) electrons. The van der Waals surface area contributed by atoms with E-state index in [-0.39, 0.29) is 6.04 Å². The van der Waals surface area contributed by atoms with Crippen LogP contribution in [0.5, 0.6) is 0 Å². The van der Waals surface area contributed by atoms with Gasteiger partial charge in [-0.25, -0.2) is 0 Å². The van der Waals surface area contributed by atoms with E-state index in [2.05, 4.69) is 18.7 Å². The van der Waals surface area contributed by atoms with Crippen molar-refractivity contribution in [3.05, 3.63) is 0 Å². The summed E-state index contributed by atoms with van der Waals surface area (Å²) in [4.78, 5) is 2.43. The van der Waals surface area contributed by atoms with Gasteiger partial charge in [-0.3, -0.25) is 4.90 Å². The van der Waals surface area contributed by atoms with E-state index in [1.807, 2.05) is 0 Å². The molecule has 15 heavy (non-hydrogen) atoms. The summed E-state index contributed by atoms with van der Waals surface area (Å²) in [5.41, 5.74) is 5.97. The Bertz CT molecular complexity index is 178. The van der Waals surface area contributed by atoms with Gasteiger partial charge in [0.2, 0.25) is 0 Å². The number of hydrogen-bond donors (Lipinski definition) is 1. The first-order valence-corrected chi connectivity index (χ1v) is 5.77. The van der Waals surface area contributed by atoms with E-state index in [0.717, 1.165) is 26.1 Å². The lowest BCUT2D eigenvalue weighted by atomic mass is 10.1. The molecule has 1 aliphatic heterocycles. The van der Waals surface area contributed by atoms with Gasteiger partial charge in [0.05, 0.1) is 19.3 Å². The van der Waals surface area contributed by atoms with E-state index >= 15 is 0 Å². The van der Waals surface area contributed by atoms with E-state index in [4.69, 9.17) is 15.2 Å². The Morgan fingerprint density at radius 2 is 2.33 bits per heavy atom. The molecule has 0 aromatic heterocycles. The lowest BCUT2D eigenvalue weighted by Crippen LogP contribution is -2.53. The first kappa shape index (κ1) is 12.9. The number of methoxy groups -OCH3 is 1. The molecule has 0 aliphatic carbocycles. The van der Waals surface area contributed by atoms with Crippen LogP contribution >= 0.6 is 0 Å². The van der Waals surface area contributed by atoms with Crippen LogP contribution in [0.2, 0.25) is 0 Å². The first-order chi connectivity index (χ1) is 7.17. The van der Waals surface area contributed by atoms with Crippen molar-refractivity contribution in [1.82, 2.24) is 4.90 Å². The van der Waals surface area contributed by atoms with E-state index < -0.39 is 0 Å². The van der Waals surface area contributed by atoms with Crippen molar-refractivity contribution in [2.75, 3.05) is 33.4 Å². The van der Waals surface area contributed by atoms with E-state index in [1.54, 1.807) is 7.11 Å². The van der Waals surface area contributed by atoms with Crippen molar-refractivity contribution in [3.63, 3.8) is 0 Å². The van der Waals surface area contributed by atoms with Gasteiger partial charge >= 0.3 is 0 Å². The van der Waals surface area contributed by atoms with Gasteiger partial charge in [0.15, 0.2) is 0 Å². The second kappa shape index (κ2) is 6.43. The van der Waals surface area contributed by atoms with Crippen molar-refractivity contribution in [2.45, 2.75) is 38.5 Å². The summed E-state index contributed by atoms with van der Waals surface area (Å²) in [7, 11) is 1.69. The zero-order chi connectivity index (χ0) is 11.3. The highest BCUT2D eigenvalue weighted by atomic mass is 16.5. The number of ether oxygens (including phenoxy) is 2. The van der Waals surface area contributed by atoms with Gasteiger partial charge < -0.3 is 15.2 Å². The molecule has 1 aliphatic rings. The quantitative estimate of drug-likeness (QED) is 0.725. The van der Waals surface area contributed by atoms with Crippen molar-refractivity contribution in [1.29, 1.82) is 0 Å². The molecule has 2 N–H and O–H groups in total. The molecule has 3 atom stereocenters. The largest absolute Gasteiger partial charge is 0.383 e. The highest BCUT2D eigenvalue weighted by Gasteiger charge is 2.26. The summed E-state index contributed by atoms with van der Waals surface area (Å²) in [6.07, 6.45) is 1.44. The molecule has 4 heteroatoms. The van der Waals surface area contributed by atoms with E-state index in [0.29, 0.717) is 18.8 Å². The minimum Gasteiger partial charge on any atom is -0.383 e. The normalized spacial score (nSPS) is 30.4. The Morgan fingerprint density at radius 1 is 1.60 bits per heavy atom. The zero-order valence-corrected chi connectivity index (χ0v) is 10.1. The number of rotatable bonds is 5. The summed E-state index contributed by atoms with van der Waals surface area (Å²) in [6, 6.07) is 0.624. The Balaban J connectivity index is 2.40. The molecule has 1 fully saturated rings. The molecule has 90 valence electrons. The van der Waals surface area contributed by atoms with Crippen LogP contribution in [0.3, 0.4) is 0 Å². The van der Waals surface area contributed by atoms with Crippen molar-refractivity contribution < 1.29 is 9.47 Å². The fourth-order valence-corrected chi connectivity index (χ4v) is 2.08. The van der Waals surface area contributed by atoms with Crippen LogP contribution < -0.4 is 5.73 Å². The molecule has 0 bridgehead atoms. The monoisotopic (exact) mass is 216 g/mol. The second-order valence-corrected chi connectivity index (χ2v) is 4.38. The van der Waals surface area contributed by atoms with Crippen LogP contribution in [0.15, 0.2) is 0 Å². The standard InChI is InChI=1S/C11H24N2O2/c1-4-11-8-15-9(2)5-13(11)6-10(12)7-14-3/h9-11H,4-8,12H2,1-3H3. The van der Waals surface area contributed by atoms with E-state index in [1.165, 1.54) is 0 Å².